The molecule has 132 valence electrons. The zero-order chi connectivity index (χ0) is 17.7. The number of hydrogen-bond donors (Lipinski definition) is 1. The van der Waals surface area contributed by atoms with E-state index in [1.165, 1.54) is 4.90 Å². The molecule has 0 atom stereocenters. The number of carbonyl (C=O) groups is 2. The highest BCUT2D eigenvalue weighted by molar-refractivity contribution is 5.98. The fourth-order valence-electron chi connectivity index (χ4n) is 2.56. The lowest BCUT2D eigenvalue weighted by Gasteiger charge is -2.29. The molecule has 1 aromatic carbocycles. The van der Waals surface area contributed by atoms with Gasteiger partial charge in [-0.2, -0.15) is 0 Å². The molecule has 2 rings (SSSR count). The number of hydrogen-bond acceptors (Lipinski definition) is 5. The van der Waals surface area contributed by atoms with Gasteiger partial charge in [-0.3, -0.25) is 9.59 Å². The lowest BCUT2D eigenvalue weighted by Crippen LogP contribution is -2.42. The van der Waals surface area contributed by atoms with Gasteiger partial charge in [0.1, 0.15) is 17.9 Å². The molecule has 0 aliphatic carbocycles. The topological polar surface area (TPSA) is 81.9 Å². The second kappa shape index (κ2) is 7.66. The number of fused-ring (bicyclic) bond motifs is 1. The number of benzene rings is 1. The normalized spacial score (nSPS) is 14.3. The van der Waals surface area contributed by atoms with Crippen LogP contribution in [0.2, 0.25) is 0 Å². The molecule has 1 aliphatic heterocycles. The van der Waals surface area contributed by atoms with Crippen LogP contribution in [0.25, 0.3) is 0 Å². The molecule has 0 saturated carbocycles. The Balaban J connectivity index is 2.01. The van der Waals surface area contributed by atoms with Crippen molar-refractivity contribution in [3.05, 3.63) is 29.3 Å². The van der Waals surface area contributed by atoms with Crippen LogP contribution in [0.1, 0.15) is 43.1 Å². The van der Waals surface area contributed by atoms with Crippen molar-refractivity contribution < 1.29 is 19.1 Å². The van der Waals surface area contributed by atoms with Gasteiger partial charge < -0.3 is 20.1 Å². The van der Waals surface area contributed by atoms with Crippen LogP contribution in [0.4, 0.5) is 0 Å². The summed E-state index contributed by atoms with van der Waals surface area (Å²) in [4.78, 5) is 26.0. The summed E-state index contributed by atoms with van der Waals surface area (Å²) in [6.45, 7) is 7.05. The van der Waals surface area contributed by atoms with E-state index in [4.69, 9.17) is 15.2 Å². The summed E-state index contributed by atoms with van der Waals surface area (Å²) in [5, 5.41) is 0. The van der Waals surface area contributed by atoms with Crippen molar-refractivity contribution in [2.45, 2.75) is 39.2 Å². The van der Waals surface area contributed by atoms with E-state index in [2.05, 4.69) is 0 Å². The highest BCUT2D eigenvalue weighted by Crippen LogP contribution is 2.24. The van der Waals surface area contributed by atoms with E-state index in [0.717, 1.165) is 17.7 Å². The summed E-state index contributed by atoms with van der Waals surface area (Å²) in [6.07, 6.45) is 1.48. The number of amides is 1. The maximum absolute atomic E-state index is 12.6. The van der Waals surface area contributed by atoms with Crippen molar-refractivity contribution in [2.75, 3.05) is 26.2 Å². The van der Waals surface area contributed by atoms with Gasteiger partial charge in [-0.15, -0.1) is 0 Å². The van der Waals surface area contributed by atoms with Gasteiger partial charge in [0, 0.05) is 12.1 Å². The molecular weight excluding hydrogens is 308 g/mol. The number of nitrogens with two attached hydrogens (primary N) is 1. The third-order valence-corrected chi connectivity index (χ3v) is 3.60. The Labute approximate surface area is 142 Å². The first-order chi connectivity index (χ1) is 11.3. The lowest BCUT2D eigenvalue weighted by molar-refractivity contribution is -0.155. The van der Waals surface area contributed by atoms with Crippen LogP contribution < -0.4 is 10.5 Å². The number of carbonyl (C=O) groups excluding carboxylic acids is 2. The predicted octanol–water partition coefficient (Wildman–Crippen LogP) is 1.75. The van der Waals surface area contributed by atoms with Crippen LogP contribution >= 0.6 is 0 Å². The summed E-state index contributed by atoms with van der Waals surface area (Å²) in [5.41, 5.74) is 6.47. The van der Waals surface area contributed by atoms with E-state index < -0.39 is 5.60 Å². The Morgan fingerprint density at radius 1 is 1.33 bits per heavy atom. The van der Waals surface area contributed by atoms with E-state index >= 15 is 0 Å². The zero-order valence-corrected chi connectivity index (χ0v) is 14.6. The Bertz CT molecular complexity index is 608. The third kappa shape index (κ3) is 4.96. The Morgan fingerprint density at radius 3 is 2.75 bits per heavy atom. The maximum Gasteiger partial charge on any atom is 0.326 e. The maximum atomic E-state index is 12.6. The van der Waals surface area contributed by atoms with Crippen LogP contribution in [-0.4, -0.2) is 48.6 Å². The highest BCUT2D eigenvalue weighted by atomic mass is 16.6. The number of esters is 1. The highest BCUT2D eigenvalue weighted by Gasteiger charge is 2.28. The minimum atomic E-state index is -0.552. The standard InChI is InChI=1S/C18H26N2O4/c1-18(2,3)24-16(21)12-20-9-7-13-11-14(23-10-4-8-19)5-6-15(13)17(20)22/h5-6,11H,4,7-10,12,19H2,1-3H3. The summed E-state index contributed by atoms with van der Waals surface area (Å²) in [5.74, 6) is 0.215. The molecule has 0 bridgehead atoms. The van der Waals surface area contributed by atoms with Crippen LogP contribution in [0.15, 0.2) is 18.2 Å². The predicted molar refractivity (Wildman–Crippen MR) is 91.1 cm³/mol. The summed E-state index contributed by atoms with van der Waals surface area (Å²) in [6, 6.07) is 5.44. The van der Waals surface area contributed by atoms with E-state index in [-0.39, 0.29) is 18.4 Å². The molecule has 2 N–H and O–H groups in total. The third-order valence-electron chi connectivity index (χ3n) is 3.60. The average molecular weight is 334 g/mol. The Hall–Kier alpha value is -2.08. The van der Waals surface area contributed by atoms with Gasteiger partial charge in [-0.1, -0.05) is 0 Å². The van der Waals surface area contributed by atoms with Gasteiger partial charge in [0.15, 0.2) is 0 Å². The summed E-state index contributed by atoms with van der Waals surface area (Å²) >= 11 is 0. The SMILES string of the molecule is CC(C)(C)OC(=O)CN1CCc2cc(OCCCN)ccc2C1=O. The fraction of sp³-hybridized carbons (Fsp3) is 0.556. The minimum Gasteiger partial charge on any atom is -0.494 e. The Kier molecular flexibility index (Phi) is 5.83. The monoisotopic (exact) mass is 334 g/mol. The molecule has 24 heavy (non-hydrogen) atoms. The van der Waals surface area contributed by atoms with Crippen molar-refractivity contribution in [1.82, 2.24) is 4.90 Å². The lowest BCUT2D eigenvalue weighted by atomic mass is 9.98. The van der Waals surface area contributed by atoms with Crippen molar-refractivity contribution in [1.29, 1.82) is 0 Å². The van der Waals surface area contributed by atoms with Gasteiger partial charge in [-0.25, -0.2) is 0 Å². The van der Waals surface area contributed by atoms with Crippen LogP contribution in [0.5, 0.6) is 5.75 Å². The largest absolute Gasteiger partial charge is 0.494 e. The zero-order valence-electron chi connectivity index (χ0n) is 14.6. The molecule has 0 spiro atoms. The molecular formula is C18H26N2O4. The smallest absolute Gasteiger partial charge is 0.326 e. The number of rotatable bonds is 6. The Morgan fingerprint density at radius 2 is 2.08 bits per heavy atom. The van der Waals surface area contributed by atoms with E-state index in [0.29, 0.717) is 31.7 Å². The molecule has 0 saturated heterocycles. The van der Waals surface area contributed by atoms with Crippen LogP contribution in [0, 0.1) is 0 Å². The molecule has 0 unspecified atom stereocenters. The molecule has 0 radical (unpaired) electrons. The molecule has 1 amide bonds. The average Bonchev–Trinajstić information content (AvgIpc) is 2.48. The van der Waals surface area contributed by atoms with Gasteiger partial charge in [-0.05, 0) is 63.9 Å². The van der Waals surface area contributed by atoms with Gasteiger partial charge in [0.25, 0.3) is 5.91 Å². The molecule has 6 heteroatoms. The van der Waals surface area contributed by atoms with Crippen molar-refractivity contribution in [2.24, 2.45) is 5.73 Å². The number of nitrogens with zero attached hydrogens (tertiary/aromatic N) is 1. The summed E-state index contributed by atoms with van der Waals surface area (Å²) in [7, 11) is 0. The van der Waals surface area contributed by atoms with E-state index in [1.54, 1.807) is 12.1 Å². The molecule has 1 aromatic rings. The van der Waals surface area contributed by atoms with Crippen molar-refractivity contribution in [3.8, 4) is 5.75 Å². The molecule has 1 aliphatic rings. The van der Waals surface area contributed by atoms with Gasteiger partial charge >= 0.3 is 5.97 Å². The first kappa shape index (κ1) is 18.3. The van der Waals surface area contributed by atoms with E-state index in [1.807, 2.05) is 26.8 Å². The fourth-order valence-corrected chi connectivity index (χ4v) is 2.56. The minimum absolute atomic E-state index is 0.0235. The summed E-state index contributed by atoms with van der Waals surface area (Å²) < 4.78 is 10.9. The van der Waals surface area contributed by atoms with Gasteiger partial charge in [0.2, 0.25) is 0 Å². The van der Waals surface area contributed by atoms with Crippen molar-refractivity contribution in [3.63, 3.8) is 0 Å². The molecule has 6 nitrogen and oxygen atoms in total. The van der Waals surface area contributed by atoms with Gasteiger partial charge in [0.05, 0.1) is 6.61 Å². The van der Waals surface area contributed by atoms with Crippen LogP contribution in [-0.2, 0) is 16.0 Å². The number of ether oxygens (including phenoxy) is 2. The second-order valence-electron chi connectivity index (χ2n) is 6.87. The van der Waals surface area contributed by atoms with Crippen LogP contribution in [0.3, 0.4) is 0 Å². The second-order valence-corrected chi connectivity index (χ2v) is 6.87. The quantitative estimate of drug-likeness (QED) is 0.633. The van der Waals surface area contributed by atoms with E-state index in [9.17, 15) is 9.59 Å². The molecule has 1 heterocycles. The first-order valence-electron chi connectivity index (χ1n) is 8.27. The first-order valence-corrected chi connectivity index (χ1v) is 8.27. The van der Waals surface area contributed by atoms with Crippen molar-refractivity contribution >= 4 is 11.9 Å². The molecule has 0 fully saturated rings. The molecule has 0 aromatic heterocycles.